The van der Waals surface area contributed by atoms with Crippen LogP contribution in [0.15, 0.2) is 29.4 Å². The molecule has 2 aromatic rings. The Morgan fingerprint density at radius 1 is 1.24 bits per heavy atom. The van der Waals surface area contributed by atoms with Gasteiger partial charge in [0.25, 0.3) is 0 Å². The van der Waals surface area contributed by atoms with E-state index in [-0.39, 0.29) is 5.91 Å². The number of carbonyl (C=O) groups is 1. The Balaban J connectivity index is 1.69. The smallest absolute Gasteiger partial charge is 0.230 e. The maximum atomic E-state index is 12.5. The van der Waals surface area contributed by atoms with Crippen LogP contribution in [-0.2, 0) is 11.3 Å². The first-order valence-corrected chi connectivity index (χ1v) is 11.5. The summed E-state index contributed by atoms with van der Waals surface area (Å²) in [7, 11) is 1.66. The lowest BCUT2D eigenvalue weighted by Gasteiger charge is -2.29. The normalized spacial score (nSPS) is 19.3. The molecule has 1 saturated carbocycles. The molecular formula is C22H32N4O2S. The molecule has 1 aromatic heterocycles. The molecule has 0 unspecified atom stereocenters. The predicted molar refractivity (Wildman–Crippen MR) is 117 cm³/mol. The molecule has 0 saturated heterocycles. The topological polar surface area (TPSA) is 69.0 Å². The number of ether oxygens (including phenoxy) is 1. The lowest BCUT2D eigenvalue weighted by Crippen LogP contribution is -2.41. The van der Waals surface area contributed by atoms with E-state index in [2.05, 4.69) is 40.9 Å². The van der Waals surface area contributed by atoms with Gasteiger partial charge < -0.3 is 14.6 Å². The first-order chi connectivity index (χ1) is 14.0. The fourth-order valence-corrected chi connectivity index (χ4v) is 4.55. The van der Waals surface area contributed by atoms with E-state index in [0.29, 0.717) is 23.6 Å². The molecule has 7 heteroatoms. The number of thioether (sulfide) groups is 1. The Labute approximate surface area is 177 Å². The van der Waals surface area contributed by atoms with Gasteiger partial charge in [-0.1, -0.05) is 45.4 Å². The summed E-state index contributed by atoms with van der Waals surface area (Å²) in [4.78, 5) is 12.5. The Kier molecular flexibility index (Phi) is 7.58. The molecule has 1 heterocycles. The number of amides is 1. The maximum absolute atomic E-state index is 12.5. The van der Waals surface area contributed by atoms with Gasteiger partial charge in [0.1, 0.15) is 5.75 Å². The Morgan fingerprint density at radius 2 is 1.97 bits per heavy atom. The lowest BCUT2D eigenvalue weighted by molar-refractivity contribution is -0.119. The van der Waals surface area contributed by atoms with Crippen LogP contribution in [0, 0.1) is 11.8 Å². The zero-order valence-corrected chi connectivity index (χ0v) is 18.7. The summed E-state index contributed by atoms with van der Waals surface area (Å²) in [6.45, 7) is 7.38. The van der Waals surface area contributed by atoms with Crippen molar-refractivity contribution in [2.45, 2.75) is 64.2 Å². The van der Waals surface area contributed by atoms with Crippen LogP contribution in [0.2, 0.25) is 0 Å². The number of nitrogens with one attached hydrogen (secondary N) is 1. The summed E-state index contributed by atoms with van der Waals surface area (Å²) in [5, 5.41) is 12.8. The Hall–Kier alpha value is -2.02. The minimum Gasteiger partial charge on any atom is -0.497 e. The molecule has 29 heavy (non-hydrogen) atoms. The van der Waals surface area contributed by atoms with Gasteiger partial charge in [-0.05, 0) is 48.9 Å². The van der Waals surface area contributed by atoms with Crippen LogP contribution in [0.1, 0.15) is 46.5 Å². The van der Waals surface area contributed by atoms with E-state index in [4.69, 9.17) is 4.74 Å². The van der Waals surface area contributed by atoms with Crippen LogP contribution in [-0.4, -0.2) is 39.6 Å². The molecule has 0 radical (unpaired) electrons. The molecule has 1 aliphatic rings. The highest BCUT2D eigenvalue weighted by Crippen LogP contribution is 2.27. The van der Waals surface area contributed by atoms with E-state index in [1.54, 1.807) is 7.11 Å². The highest BCUT2D eigenvalue weighted by Gasteiger charge is 2.23. The SMILES string of the molecule is COc1ccc(-c2nnc(SCC(=O)N[C@H]3CCCC[C@@H]3C)n2CC(C)C)cc1. The van der Waals surface area contributed by atoms with Gasteiger partial charge in [-0.3, -0.25) is 4.79 Å². The van der Waals surface area contributed by atoms with Crippen molar-refractivity contribution in [1.82, 2.24) is 20.1 Å². The highest BCUT2D eigenvalue weighted by molar-refractivity contribution is 7.99. The molecular weight excluding hydrogens is 384 g/mol. The van der Waals surface area contributed by atoms with E-state index in [1.165, 1.54) is 31.0 Å². The average molecular weight is 417 g/mol. The van der Waals surface area contributed by atoms with E-state index in [1.807, 2.05) is 24.3 Å². The fraction of sp³-hybridized carbons (Fsp3) is 0.591. The number of methoxy groups -OCH3 is 1. The second-order valence-electron chi connectivity index (χ2n) is 8.26. The number of rotatable bonds is 8. The summed E-state index contributed by atoms with van der Waals surface area (Å²) in [6, 6.07) is 8.14. The first-order valence-electron chi connectivity index (χ1n) is 10.5. The second-order valence-corrected chi connectivity index (χ2v) is 9.21. The van der Waals surface area contributed by atoms with Crippen molar-refractivity contribution in [2.75, 3.05) is 12.9 Å². The number of carbonyl (C=O) groups excluding carboxylic acids is 1. The van der Waals surface area contributed by atoms with Crippen molar-refractivity contribution in [3.05, 3.63) is 24.3 Å². The number of aromatic nitrogens is 3. The number of benzene rings is 1. The monoisotopic (exact) mass is 416 g/mol. The molecule has 0 spiro atoms. The highest BCUT2D eigenvalue weighted by atomic mass is 32.2. The number of hydrogen-bond donors (Lipinski definition) is 1. The van der Waals surface area contributed by atoms with Gasteiger partial charge in [-0.15, -0.1) is 10.2 Å². The Bertz CT molecular complexity index is 804. The van der Waals surface area contributed by atoms with Crippen LogP contribution < -0.4 is 10.1 Å². The standard InChI is InChI=1S/C22H32N4O2S/c1-15(2)13-26-21(17-9-11-18(28-4)12-10-17)24-25-22(26)29-14-20(27)23-19-8-6-5-7-16(19)3/h9-12,15-16,19H,5-8,13-14H2,1-4H3,(H,23,27)/t16-,19-/m0/s1. The molecule has 3 rings (SSSR count). The molecule has 158 valence electrons. The van der Waals surface area contributed by atoms with E-state index in [0.717, 1.165) is 35.3 Å². The maximum Gasteiger partial charge on any atom is 0.230 e. The predicted octanol–water partition coefficient (Wildman–Crippen LogP) is 4.40. The average Bonchev–Trinajstić information content (AvgIpc) is 3.10. The molecule has 2 atom stereocenters. The molecule has 0 aliphatic heterocycles. The molecule has 1 N–H and O–H groups in total. The summed E-state index contributed by atoms with van der Waals surface area (Å²) in [6.07, 6.45) is 4.76. The lowest BCUT2D eigenvalue weighted by atomic mass is 9.86. The molecule has 0 bridgehead atoms. The third kappa shape index (κ3) is 5.75. The van der Waals surface area contributed by atoms with Crippen LogP contribution >= 0.6 is 11.8 Å². The zero-order chi connectivity index (χ0) is 20.8. The molecule has 1 amide bonds. The van der Waals surface area contributed by atoms with Crippen molar-refractivity contribution in [3.8, 4) is 17.1 Å². The van der Waals surface area contributed by atoms with E-state index >= 15 is 0 Å². The number of hydrogen-bond acceptors (Lipinski definition) is 5. The van der Waals surface area contributed by atoms with E-state index in [9.17, 15) is 4.79 Å². The molecule has 1 aromatic carbocycles. The van der Waals surface area contributed by atoms with Crippen LogP contribution in [0.25, 0.3) is 11.4 Å². The summed E-state index contributed by atoms with van der Waals surface area (Å²) >= 11 is 1.46. The van der Waals surface area contributed by atoms with Crippen LogP contribution in [0.4, 0.5) is 0 Å². The van der Waals surface area contributed by atoms with Crippen molar-refractivity contribution in [3.63, 3.8) is 0 Å². The summed E-state index contributed by atoms with van der Waals surface area (Å²) in [5.74, 6) is 3.08. The van der Waals surface area contributed by atoms with Crippen molar-refractivity contribution in [2.24, 2.45) is 11.8 Å². The van der Waals surface area contributed by atoms with Gasteiger partial charge in [0.05, 0.1) is 12.9 Å². The summed E-state index contributed by atoms with van der Waals surface area (Å²) < 4.78 is 7.37. The third-order valence-electron chi connectivity index (χ3n) is 5.40. The van der Waals surface area contributed by atoms with Crippen molar-refractivity contribution in [1.29, 1.82) is 0 Å². The fourth-order valence-electron chi connectivity index (χ4n) is 3.79. The van der Waals surface area contributed by atoms with Gasteiger partial charge in [-0.25, -0.2) is 0 Å². The van der Waals surface area contributed by atoms with Gasteiger partial charge in [0.15, 0.2) is 11.0 Å². The van der Waals surface area contributed by atoms with Crippen molar-refractivity contribution < 1.29 is 9.53 Å². The van der Waals surface area contributed by atoms with Gasteiger partial charge >= 0.3 is 0 Å². The first kappa shape index (κ1) is 21.7. The quantitative estimate of drug-likeness (QED) is 0.646. The van der Waals surface area contributed by atoms with Gasteiger partial charge in [0.2, 0.25) is 5.91 Å². The zero-order valence-electron chi connectivity index (χ0n) is 17.9. The summed E-state index contributed by atoms with van der Waals surface area (Å²) in [5.41, 5.74) is 0.992. The molecule has 1 fully saturated rings. The van der Waals surface area contributed by atoms with Crippen molar-refractivity contribution >= 4 is 17.7 Å². The van der Waals surface area contributed by atoms with Gasteiger partial charge in [-0.2, -0.15) is 0 Å². The van der Waals surface area contributed by atoms with E-state index < -0.39 is 0 Å². The minimum absolute atomic E-state index is 0.0823. The third-order valence-corrected chi connectivity index (χ3v) is 6.37. The minimum atomic E-state index is 0.0823. The van der Waals surface area contributed by atoms with Crippen LogP contribution in [0.5, 0.6) is 5.75 Å². The largest absolute Gasteiger partial charge is 0.497 e. The molecule has 1 aliphatic carbocycles. The number of nitrogens with zero attached hydrogens (tertiary/aromatic N) is 3. The van der Waals surface area contributed by atoms with Gasteiger partial charge in [0, 0.05) is 18.2 Å². The molecule has 6 nitrogen and oxygen atoms in total. The second kappa shape index (κ2) is 10.1. The Morgan fingerprint density at radius 3 is 2.62 bits per heavy atom. The van der Waals surface area contributed by atoms with Crippen LogP contribution in [0.3, 0.4) is 0 Å².